The Morgan fingerprint density at radius 2 is 1.76 bits per heavy atom. The SMILES string of the molecule is CSc1nc(NCc2ccc(C)cc2)c2ccccc2n1. The van der Waals surface area contributed by atoms with Crippen LogP contribution in [0.25, 0.3) is 10.9 Å². The smallest absolute Gasteiger partial charge is 0.189 e. The number of hydrogen-bond donors (Lipinski definition) is 1. The highest BCUT2D eigenvalue weighted by molar-refractivity contribution is 7.98. The van der Waals surface area contributed by atoms with Crippen LogP contribution in [-0.2, 0) is 6.54 Å². The van der Waals surface area contributed by atoms with Crippen molar-refractivity contribution in [3.63, 3.8) is 0 Å². The van der Waals surface area contributed by atoms with Gasteiger partial charge in [-0.1, -0.05) is 53.7 Å². The standard InChI is InChI=1S/C17H17N3S/c1-12-7-9-13(10-8-12)11-18-16-14-5-3-4-6-15(14)19-17(20-16)21-2/h3-10H,11H2,1-2H3,(H,18,19,20). The maximum absolute atomic E-state index is 4.59. The van der Waals surface area contributed by atoms with Crippen molar-refractivity contribution in [2.75, 3.05) is 11.6 Å². The third kappa shape index (κ3) is 3.16. The molecule has 0 bridgehead atoms. The molecule has 0 atom stereocenters. The van der Waals surface area contributed by atoms with Crippen LogP contribution < -0.4 is 5.32 Å². The summed E-state index contributed by atoms with van der Waals surface area (Å²) in [5.41, 5.74) is 3.49. The molecule has 3 aromatic rings. The average Bonchev–Trinajstić information content (AvgIpc) is 2.53. The molecule has 4 heteroatoms. The van der Waals surface area contributed by atoms with Crippen molar-refractivity contribution in [3.8, 4) is 0 Å². The van der Waals surface area contributed by atoms with E-state index in [0.29, 0.717) is 0 Å². The summed E-state index contributed by atoms with van der Waals surface area (Å²) in [5, 5.41) is 5.28. The number of aromatic nitrogens is 2. The van der Waals surface area contributed by atoms with Gasteiger partial charge in [0.1, 0.15) is 5.82 Å². The Balaban J connectivity index is 1.90. The van der Waals surface area contributed by atoms with Crippen LogP contribution in [0.4, 0.5) is 5.82 Å². The number of thioether (sulfide) groups is 1. The Hall–Kier alpha value is -2.07. The number of para-hydroxylation sites is 1. The van der Waals surface area contributed by atoms with Crippen LogP contribution in [0.15, 0.2) is 53.7 Å². The number of fused-ring (bicyclic) bond motifs is 1. The molecule has 0 fully saturated rings. The number of anilines is 1. The minimum absolute atomic E-state index is 0.759. The summed E-state index contributed by atoms with van der Waals surface area (Å²) in [6.45, 7) is 2.86. The molecule has 0 aliphatic carbocycles. The largest absolute Gasteiger partial charge is 0.365 e. The quantitative estimate of drug-likeness (QED) is 0.576. The van der Waals surface area contributed by atoms with Crippen LogP contribution in [0, 0.1) is 6.92 Å². The van der Waals surface area contributed by atoms with Crippen molar-refractivity contribution in [3.05, 3.63) is 59.7 Å². The summed E-state index contributed by atoms with van der Waals surface area (Å²) in [6, 6.07) is 16.6. The molecule has 1 aromatic heterocycles. The lowest BCUT2D eigenvalue weighted by molar-refractivity contribution is 0.988. The third-order valence-electron chi connectivity index (χ3n) is 3.35. The van der Waals surface area contributed by atoms with Crippen LogP contribution in [0.5, 0.6) is 0 Å². The predicted octanol–water partition coefficient (Wildman–Crippen LogP) is 4.27. The molecule has 1 N–H and O–H groups in total. The van der Waals surface area contributed by atoms with Crippen molar-refractivity contribution >= 4 is 28.5 Å². The maximum Gasteiger partial charge on any atom is 0.189 e. The molecule has 3 rings (SSSR count). The highest BCUT2D eigenvalue weighted by Crippen LogP contribution is 2.23. The molecule has 2 aromatic carbocycles. The van der Waals surface area contributed by atoms with Gasteiger partial charge in [0, 0.05) is 11.9 Å². The topological polar surface area (TPSA) is 37.8 Å². The second-order valence-corrected chi connectivity index (χ2v) is 5.69. The summed E-state index contributed by atoms with van der Waals surface area (Å²) >= 11 is 1.56. The second-order valence-electron chi connectivity index (χ2n) is 4.92. The molecule has 0 unspecified atom stereocenters. The maximum atomic E-state index is 4.59. The lowest BCUT2D eigenvalue weighted by Crippen LogP contribution is -2.03. The molecule has 1 heterocycles. The highest BCUT2D eigenvalue weighted by Gasteiger charge is 2.06. The minimum Gasteiger partial charge on any atom is -0.365 e. The zero-order chi connectivity index (χ0) is 14.7. The molecule has 0 amide bonds. The van der Waals surface area contributed by atoms with Gasteiger partial charge in [0.25, 0.3) is 0 Å². The van der Waals surface area contributed by atoms with E-state index in [4.69, 9.17) is 0 Å². The van der Waals surface area contributed by atoms with Gasteiger partial charge in [-0.3, -0.25) is 0 Å². The van der Waals surface area contributed by atoms with Crippen LogP contribution in [0.3, 0.4) is 0 Å². The van der Waals surface area contributed by atoms with Crippen molar-refractivity contribution in [1.29, 1.82) is 0 Å². The highest BCUT2D eigenvalue weighted by atomic mass is 32.2. The average molecular weight is 295 g/mol. The van der Waals surface area contributed by atoms with E-state index in [0.717, 1.165) is 28.4 Å². The molecule has 106 valence electrons. The predicted molar refractivity (Wildman–Crippen MR) is 89.8 cm³/mol. The van der Waals surface area contributed by atoms with E-state index in [1.165, 1.54) is 11.1 Å². The van der Waals surface area contributed by atoms with Crippen molar-refractivity contribution < 1.29 is 0 Å². The van der Waals surface area contributed by atoms with E-state index in [1.807, 2.05) is 24.5 Å². The van der Waals surface area contributed by atoms with Crippen molar-refractivity contribution in [1.82, 2.24) is 9.97 Å². The first kappa shape index (κ1) is 13.9. The molecule has 0 aliphatic rings. The molecule has 0 spiro atoms. The van der Waals surface area contributed by atoms with Gasteiger partial charge in [-0.05, 0) is 30.9 Å². The molecule has 0 radical (unpaired) electrons. The van der Waals surface area contributed by atoms with Gasteiger partial charge in [-0.15, -0.1) is 0 Å². The summed E-state index contributed by atoms with van der Waals surface area (Å²) in [4.78, 5) is 9.13. The van der Waals surface area contributed by atoms with E-state index in [9.17, 15) is 0 Å². The van der Waals surface area contributed by atoms with Crippen LogP contribution >= 0.6 is 11.8 Å². The summed E-state index contributed by atoms with van der Waals surface area (Å²) in [6.07, 6.45) is 1.99. The van der Waals surface area contributed by atoms with E-state index in [2.05, 4.69) is 52.5 Å². The summed E-state index contributed by atoms with van der Waals surface area (Å²) in [7, 11) is 0. The molecule has 0 aliphatic heterocycles. The Labute approximate surface area is 128 Å². The first-order valence-electron chi connectivity index (χ1n) is 6.86. The van der Waals surface area contributed by atoms with E-state index in [1.54, 1.807) is 11.8 Å². The summed E-state index contributed by atoms with van der Waals surface area (Å²) < 4.78 is 0. The van der Waals surface area contributed by atoms with Crippen molar-refractivity contribution in [2.24, 2.45) is 0 Å². The van der Waals surface area contributed by atoms with E-state index >= 15 is 0 Å². The zero-order valence-electron chi connectivity index (χ0n) is 12.1. The number of hydrogen-bond acceptors (Lipinski definition) is 4. The lowest BCUT2D eigenvalue weighted by atomic mass is 10.1. The first-order valence-corrected chi connectivity index (χ1v) is 8.09. The zero-order valence-corrected chi connectivity index (χ0v) is 12.9. The Morgan fingerprint density at radius 3 is 2.52 bits per heavy atom. The molecule has 21 heavy (non-hydrogen) atoms. The van der Waals surface area contributed by atoms with E-state index in [-0.39, 0.29) is 0 Å². The van der Waals surface area contributed by atoms with Gasteiger partial charge in [0.15, 0.2) is 5.16 Å². The number of nitrogens with one attached hydrogen (secondary N) is 1. The fraction of sp³-hybridized carbons (Fsp3) is 0.176. The Bertz CT molecular complexity index is 754. The van der Waals surface area contributed by atoms with Crippen LogP contribution in [-0.4, -0.2) is 16.2 Å². The van der Waals surface area contributed by atoms with Crippen molar-refractivity contribution in [2.45, 2.75) is 18.6 Å². The summed E-state index contributed by atoms with van der Waals surface area (Å²) in [5.74, 6) is 0.894. The van der Waals surface area contributed by atoms with E-state index < -0.39 is 0 Å². The van der Waals surface area contributed by atoms with Gasteiger partial charge in [-0.2, -0.15) is 0 Å². The molecular formula is C17H17N3S. The number of rotatable bonds is 4. The normalized spacial score (nSPS) is 10.8. The fourth-order valence-corrected chi connectivity index (χ4v) is 2.55. The second kappa shape index (κ2) is 6.14. The van der Waals surface area contributed by atoms with Gasteiger partial charge >= 0.3 is 0 Å². The van der Waals surface area contributed by atoms with Crippen LogP contribution in [0.1, 0.15) is 11.1 Å². The monoisotopic (exact) mass is 295 g/mol. The van der Waals surface area contributed by atoms with Gasteiger partial charge in [0.05, 0.1) is 5.52 Å². The first-order chi connectivity index (χ1) is 10.3. The number of nitrogens with zero attached hydrogens (tertiary/aromatic N) is 2. The lowest BCUT2D eigenvalue weighted by Gasteiger charge is -2.10. The third-order valence-corrected chi connectivity index (χ3v) is 3.89. The van der Waals surface area contributed by atoms with Gasteiger partial charge in [-0.25, -0.2) is 9.97 Å². The Kier molecular flexibility index (Phi) is 4.06. The van der Waals surface area contributed by atoms with Crippen LogP contribution in [0.2, 0.25) is 0 Å². The molecular weight excluding hydrogens is 278 g/mol. The molecule has 0 saturated carbocycles. The Morgan fingerprint density at radius 1 is 1.00 bits per heavy atom. The molecule has 3 nitrogen and oxygen atoms in total. The minimum atomic E-state index is 0.759. The number of aryl methyl sites for hydroxylation is 1. The number of benzene rings is 2. The fourth-order valence-electron chi connectivity index (χ4n) is 2.17. The molecule has 0 saturated heterocycles. The van der Waals surface area contributed by atoms with Gasteiger partial charge < -0.3 is 5.32 Å². The van der Waals surface area contributed by atoms with Gasteiger partial charge in [0.2, 0.25) is 0 Å².